The Bertz CT molecular complexity index is 887. The van der Waals surface area contributed by atoms with Crippen molar-refractivity contribution in [2.45, 2.75) is 118 Å². The maximum Gasteiger partial charge on any atom is 0.404 e. The first-order chi connectivity index (χ1) is 18.0. The van der Waals surface area contributed by atoms with Crippen LogP contribution in [0.1, 0.15) is 112 Å². The highest BCUT2D eigenvalue weighted by atomic mass is 16.4. The molecule has 0 saturated heterocycles. The van der Waals surface area contributed by atoms with Crippen molar-refractivity contribution in [3.63, 3.8) is 0 Å². The van der Waals surface area contributed by atoms with Crippen LogP contribution in [0, 0.1) is 52.3 Å². The van der Waals surface area contributed by atoms with Crippen LogP contribution >= 0.6 is 0 Å². The maximum atomic E-state index is 11.5. The SMILES string of the molecule is CC(C)CCC[C@@H](C)[C@H]1CC[C@H]2[C@@H]3CC=C4C[C@@H](C(CCNC(=O)O)NC(=O)O)CC[C@]4(C)[C@H]3CC[C@]12C. The minimum Gasteiger partial charge on any atom is -0.465 e. The summed E-state index contributed by atoms with van der Waals surface area (Å²) in [6, 6.07) is -0.218. The van der Waals surface area contributed by atoms with E-state index in [0.29, 0.717) is 11.8 Å². The lowest BCUT2D eigenvalue weighted by Crippen LogP contribution is -2.52. The smallest absolute Gasteiger partial charge is 0.404 e. The fourth-order valence-corrected chi connectivity index (χ4v) is 9.98. The van der Waals surface area contributed by atoms with Crippen LogP contribution in [-0.2, 0) is 0 Å². The van der Waals surface area contributed by atoms with Crippen molar-refractivity contribution in [1.82, 2.24) is 10.6 Å². The molecule has 0 aliphatic heterocycles. The highest BCUT2D eigenvalue weighted by Crippen LogP contribution is 2.67. The Morgan fingerprint density at radius 2 is 1.74 bits per heavy atom. The Hall–Kier alpha value is -1.72. The van der Waals surface area contributed by atoms with E-state index in [1.807, 2.05) is 0 Å². The molecular formula is C32H54N2O4. The van der Waals surface area contributed by atoms with Crippen molar-refractivity contribution in [2.24, 2.45) is 52.3 Å². The lowest BCUT2D eigenvalue weighted by molar-refractivity contribution is -0.0536. The molecule has 4 aliphatic carbocycles. The van der Waals surface area contributed by atoms with E-state index >= 15 is 0 Å². The Kier molecular flexibility index (Phi) is 9.09. The molecule has 4 rings (SSSR count). The average molecular weight is 531 g/mol. The van der Waals surface area contributed by atoms with Crippen LogP contribution in [0.3, 0.4) is 0 Å². The van der Waals surface area contributed by atoms with Crippen molar-refractivity contribution in [2.75, 3.05) is 6.54 Å². The molecule has 1 unspecified atom stereocenters. The summed E-state index contributed by atoms with van der Waals surface area (Å²) in [7, 11) is 0. The van der Waals surface area contributed by atoms with Crippen molar-refractivity contribution >= 4 is 12.2 Å². The number of amides is 2. The molecule has 6 heteroatoms. The first-order valence-corrected chi connectivity index (χ1v) is 15.6. The highest BCUT2D eigenvalue weighted by molar-refractivity contribution is 5.65. The van der Waals surface area contributed by atoms with Crippen LogP contribution < -0.4 is 10.6 Å². The number of hydrogen-bond acceptors (Lipinski definition) is 2. The Balaban J connectivity index is 1.44. The number of carboxylic acid groups (broad SMARTS) is 2. The Morgan fingerprint density at radius 3 is 2.42 bits per heavy atom. The van der Waals surface area contributed by atoms with Gasteiger partial charge in [0.1, 0.15) is 0 Å². The zero-order chi connectivity index (χ0) is 27.7. The van der Waals surface area contributed by atoms with E-state index in [1.165, 1.54) is 51.4 Å². The van der Waals surface area contributed by atoms with Gasteiger partial charge in [-0.3, -0.25) is 0 Å². The van der Waals surface area contributed by atoms with Gasteiger partial charge in [0, 0.05) is 12.6 Å². The van der Waals surface area contributed by atoms with Crippen molar-refractivity contribution in [3.8, 4) is 0 Å². The monoisotopic (exact) mass is 530 g/mol. The Morgan fingerprint density at radius 1 is 0.974 bits per heavy atom. The van der Waals surface area contributed by atoms with Gasteiger partial charge in [-0.05, 0) is 110 Å². The van der Waals surface area contributed by atoms with Crippen LogP contribution in [0.4, 0.5) is 9.59 Å². The second-order valence-electron chi connectivity index (χ2n) is 14.4. The predicted octanol–water partition coefficient (Wildman–Crippen LogP) is 7.94. The van der Waals surface area contributed by atoms with Gasteiger partial charge in [-0.25, -0.2) is 9.59 Å². The summed E-state index contributed by atoms with van der Waals surface area (Å²) in [6.45, 7) is 12.7. The van der Waals surface area contributed by atoms with E-state index in [0.717, 1.165) is 54.8 Å². The van der Waals surface area contributed by atoms with E-state index in [2.05, 4.69) is 51.3 Å². The van der Waals surface area contributed by atoms with Gasteiger partial charge >= 0.3 is 12.2 Å². The number of fused-ring (bicyclic) bond motifs is 5. The number of carbonyl (C=O) groups is 2. The molecule has 216 valence electrons. The summed E-state index contributed by atoms with van der Waals surface area (Å²) in [5.74, 6) is 5.12. The zero-order valence-electron chi connectivity index (χ0n) is 24.6. The summed E-state index contributed by atoms with van der Waals surface area (Å²) >= 11 is 0. The van der Waals surface area contributed by atoms with Crippen molar-refractivity contribution in [3.05, 3.63) is 11.6 Å². The molecule has 9 atom stereocenters. The van der Waals surface area contributed by atoms with E-state index in [-0.39, 0.29) is 23.9 Å². The quantitative estimate of drug-likeness (QED) is 0.215. The first kappa shape index (κ1) is 29.3. The molecule has 0 aromatic carbocycles. The van der Waals surface area contributed by atoms with Gasteiger partial charge in [-0.15, -0.1) is 0 Å². The molecule has 3 saturated carbocycles. The van der Waals surface area contributed by atoms with E-state index < -0.39 is 12.2 Å². The largest absolute Gasteiger partial charge is 0.465 e. The molecule has 4 aliphatic rings. The highest BCUT2D eigenvalue weighted by Gasteiger charge is 2.59. The summed E-state index contributed by atoms with van der Waals surface area (Å²) in [5, 5.41) is 23.5. The molecular weight excluding hydrogens is 476 g/mol. The molecule has 0 spiro atoms. The molecule has 4 N–H and O–H groups in total. The lowest BCUT2D eigenvalue weighted by Gasteiger charge is -2.59. The molecule has 0 aromatic heterocycles. The normalized spacial score (nSPS) is 37.8. The fraction of sp³-hybridized carbons (Fsp3) is 0.875. The zero-order valence-corrected chi connectivity index (χ0v) is 24.6. The van der Waals surface area contributed by atoms with Crippen LogP contribution in [0.15, 0.2) is 11.6 Å². The Labute approximate surface area is 230 Å². The van der Waals surface area contributed by atoms with Crippen LogP contribution in [0.2, 0.25) is 0 Å². The van der Waals surface area contributed by atoms with Gasteiger partial charge in [-0.1, -0.05) is 65.5 Å². The van der Waals surface area contributed by atoms with Gasteiger partial charge in [0.05, 0.1) is 0 Å². The number of rotatable bonds is 10. The molecule has 0 bridgehead atoms. The van der Waals surface area contributed by atoms with Gasteiger partial charge in [0.15, 0.2) is 0 Å². The minimum absolute atomic E-state index is 0.218. The first-order valence-electron chi connectivity index (χ1n) is 15.6. The number of allylic oxidation sites excluding steroid dienone is 2. The molecule has 0 heterocycles. The standard InChI is InChI=1S/C32H54N2O4/c1-20(2)7-6-8-21(3)25-11-12-26-24-10-9-23-19-22(28(34-30(37)38)15-18-33-29(35)36)13-16-31(23,4)27(24)14-17-32(25,26)5/h9,20-22,24-28,33-34H,6-8,10-19H2,1-5H3,(H,35,36)(H,37,38)/t21-,22+,24+,25-,26+,27+,28?,31+,32-/m1/s1. The molecule has 0 radical (unpaired) electrons. The summed E-state index contributed by atoms with van der Waals surface area (Å²) in [5.41, 5.74) is 2.28. The number of nitrogens with one attached hydrogen (secondary N) is 2. The van der Waals surface area contributed by atoms with E-state index in [9.17, 15) is 14.7 Å². The molecule has 6 nitrogen and oxygen atoms in total. The lowest BCUT2D eigenvalue weighted by atomic mass is 9.46. The van der Waals surface area contributed by atoms with E-state index in [4.69, 9.17) is 5.11 Å². The number of hydrogen-bond donors (Lipinski definition) is 4. The predicted molar refractivity (Wildman–Crippen MR) is 152 cm³/mol. The molecule has 2 amide bonds. The topological polar surface area (TPSA) is 98.7 Å². The molecule has 0 aromatic rings. The maximum absolute atomic E-state index is 11.5. The van der Waals surface area contributed by atoms with Crippen LogP contribution in [-0.4, -0.2) is 35.0 Å². The average Bonchev–Trinajstić information content (AvgIpc) is 3.19. The third kappa shape index (κ3) is 5.89. The van der Waals surface area contributed by atoms with Crippen LogP contribution in [0.25, 0.3) is 0 Å². The van der Waals surface area contributed by atoms with Gasteiger partial charge in [0.25, 0.3) is 0 Å². The third-order valence-electron chi connectivity index (χ3n) is 12.0. The summed E-state index contributed by atoms with van der Waals surface area (Å²) in [4.78, 5) is 22.4. The molecule has 38 heavy (non-hydrogen) atoms. The van der Waals surface area contributed by atoms with E-state index in [1.54, 1.807) is 5.57 Å². The van der Waals surface area contributed by atoms with Gasteiger partial charge < -0.3 is 20.8 Å². The second-order valence-corrected chi connectivity index (χ2v) is 14.4. The van der Waals surface area contributed by atoms with Crippen LogP contribution in [0.5, 0.6) is 0 Å². The second kappa shape index (κ2) is 11.8. The van der Waals surface area contributed by atoms with Crippen molar-refractivity contribution in [1.29, 1.82) is 0 Å². The van der Waals surface area contributed by atoms with Gasteiger partial charge in [0.2, 0.25) is 0 Å². The summed E-state index contributed by atoms with van der Waals surface area (Å²) in [6.07, 6.45) is 14.9. The van der Waals surface area contributed by atoms with Crippen molar-refractivity contribution < 1.29 is 19.8 Å². The third-order valence-corrected chi connectivity index (χ3v) is 12.0. The fourth-order valence-electron chi connectivity index (χ4n) is 9.98. The molecule has 3 fully saturated rings. The minimum atomic E-state index is -1.06. The van der Waals surface area contributed by atoms with Gasteiger partial charge in [-0.2, -0.15) is 0 Å². The summed E-state index contributed by atoms with van der Waals surface area (Å²) < 4.78 is 0.